The number of esters is 1. The first kappa shape index (κ1) is 19.6. The number of Topliss-reactive ketones (excluding diaryl/α,β-unsaturated/α-hetero) is 1. The van der Waals surface area contributed by atoms with Gasteiger partial charge in [0.25, 0.3) is 0 Å². The lowest BCUT2D eigenvalue weighted by atomic mass is 9.60. The molecule has 0 amide bonds. The first-order valence-corrected chi connectivity index (χ1v) is 10.1. The number of rotatable bonds is 4. The van der Waals surface area contributed by atoms with Gasteiger partial charge >= 0.3 is 5.97 Å². The minimum atomic E-state index is -1.61. The summed E-state index contributed by atoms with van der Waals surface area (Å²) in [7, 11) is 0. The quantitative estimate of drug-likeness (QED) is 0.771. The standard InChI is InChI=1S/C24H26O5/c1-4-22(27)29-13-21(26)24(28)14(2)11-20-19-7-5-15-12-16(25)6-8-17(15)18(19)9-10-23(20,24)3/h5-8,11-12,14,25,28H,4,9-10,13H2,1-3H3/t14-,23+,24+/m1/s1. The highest BCUT2D eigenvalue weighted by Gasteiger charge is 2.61. The Labute approximate surface area is 170 Å². The molecular weight excluding hydrogens is 368 g/mol. The Kier molecular flexibility index (Phi) is 4.54. The summed E-state index contributed by atoms with van der Waals surface area (Å²) in [4.78, 5) is 24.5. The van der Waals surface area contributed by atoms with Gasteiger partial charge in [-0.15, -0.1) is 0 Å². The molecule has 2 aromatic rings. The summed E-state index contributed by atoms with van der Waals surface area (Å²) < 4.78 is 5.05. The van der Waals surface area contributed by atoms with E-state index >= 15 is 0 Å². The van der Waals surface area contributed by atoms with Gasteiger partial charge < -0.3 is 14.9 Å². The molecular formula is C24H26O5. The van der Waals surface area contributed by atoms with E-state index in [4.69, 9.17) is 4.74 Å². The summed E-state index contributed by atoms with van der Waals surface area (Å²) in [6, 6.07) is 9.33. The second-order valence-electron chi connectivity index (χ2n) is 8.40. The lowest BCUT2D eigenvalue weighted by molar-refractivity contribution is -0.163. The van der Waals surface area contributed by atoms with Crippen molar-refractivity contribution in [3.05, 3.63) is 47.5 Å². The number of carbonyl (C=O) groups excluding carboxylic acids is 2. The lowest BCUT2D eigenvalue weighted by Crippen LogP contribution is -2.56. The number of hydrogen-bond acceptors (Lipinski definition) is 5. The number of phenolic OH excluding ortho intramolecular Hbond substituents is 1. The van der Waals surface area contributed by atoms with Crippen LogP contribution in [0.2, 0.25) is 0 Å². The van der Waals surface area contributed by atoms with Crippen LogP contribution >= 0.6 is 0 Å². The SMILES string of the molecule is CCC(=O)OCC(=O)[C@@]1(O)[C@H](C)C=C2c3ccc4cc(O)ccc4c3CC[C@@]21C. The van der Waals surface area contributed by atoms with Crippen molar-refractivity contribution in [2.45, 2.75) is 45.6 Å². The first-order chi connectivity index (χ1) is 13.7. The van der Waals surface area contributed by atoms with Crippen LogP contribution in [0.3, 0.4) is 0 Å². The van der Waals surface area contributed by atoms with E-state index in [0.717, 1.165) is 21.9 Å². The molecule has 0 bridgehead atoms. The summed E-state index contributed by atoms with van der Waals surface area (Å²) in [5, 5.41) is 23.4. The van der Waals surface area contributed by atoms with Gasteiger partial charge in [-0.3, -0.25) is 9.59 Å². The number of hydrogen-bond donors (Lipinski definition) is 2. The van der Waals surface area contributed by atoms with Crippen LogP contribution in [-0.2, 0) is 20.7 Å². The molecule has 0 heterocycles. The number of aryl methyl sites for hydroxylation is 1. The Hall–Kier alpha value is -2.66. The fourth-order valence-electron chi connectivity index (χ4n) is 5.17. The second kappa shape index (κ2) is 6.70. The predicted molar refractivity (Wildman–Crippen MR) is 110 cm³/mol. The number of aliphatic hydroxyl groups is 1. The summed E-state index contributed by atoms with van der Waals surface area (Å²) in [5.41, 5.74) is 0.821. The molecule has 0 aromatic heterocycles. The smallest absolute Gasteiger partial charge is 0.305 e. The van der Waals surface area contributed by atoms with Crippen LogP contribution in [0, 0.1) is 11.3 Å². The molecule has 0 saturated carbocycles. The largest absolute Gasteiger partial charge is 0.508 e. The molecule has 0 radical (unpaired) electrons. The monoisotopic (exact) mass is 394 g/mol. The normalized spacial score (nSPS) is 27.9. The van der Waals surface area contributed by atoms with Gasteiger partial charge in [-0.2, -0.15) is 0 Å². The minimum absolute atomic E-state index is 0.192. The Morgan fingerprint density at radius 2 is 2.00 bits per heavy atom. The molecule has 0 aliphatic heterocycles. The zero-order chi connectivity index (χ0) is 21.0. The lowest BCUT2D eigenvalue weighted by Gasteiger charge is -2.45. The number of ketones is 1. The number of ether oxygens (including phenoxy) is 1. The zero-order valence-electron chi connectivity index (χ0n) is 17.0. The van der Waals surface area contributed by atoms with E-state index in [9.17, 15) is 19.8 Å². The van der Waals surface area contributed by atoms with Gasteiger partial charge in [0.15, 0.2) is 6.61 Å². The zero-order valence-corrected chi connectivity index (χ0v) is 17.0. The summed E-state index contributed by atoms with van der Waals surface area (Å²) in [5.74, 6) is -1.06. The third kappa shape index (κ3) is 2.71. The third-order valence-corrected chi connectivity index (χ3v) is 6.87. The van der Waals surface area contributed by atoms with E-state index < -0.39 is 35.3 Å². The molecule has 29 heavy (non-hydrogen) atoms. The van der Waals surface area contributed by atoms with Crippen LogP contribution in [0.25, 0.3) is 16.3 Å². The van der Waals surface area contributed by atoms with Gasteiger partial charge in [-0.05, 0) is 52.4 Å². The molecule has 2 aliphatic carbocycles. The van der Waals surface area contributed by atoms with E-state index in [1.165, 1.54) is 5.56 Å². The van der Waals surface area contributed by atoms with Gasteiger partial charge in [0, 0.05) is 17.8 Å². The molecule has 152 valence electrons. The van der Waals surface area contributed by atoms with Crippen molar-refractivity contribution in [2.75, 3.05) is 6.61 Å². The number of aromatic hydroxyl groups is 1. The van der Waals surface area contributed by atoms with E-state index in [2.05, 4.69) is 0 Å². The minimum Gasteiger partial charge on any atom is -0.508 e. The van der Waals surface area contributed by atoms with Crippen molar-refractivity contribution < 1.29 is 24.5 Å². The average Bonchev–Trinajstić information content (AvgIpc) is 2.92. The predicted octanol–water partition coefficient (Wildman–Crippen LogP) is 3.78. The van der Waals surface area contributed by atoms with E-state index in [0.29, 0.717) is 12.8 Å². The van der Waals surface area contributed by atoms with Crippen LogP contribution in [-0.4, -0.2) is 34.2 Å². The summed E-state index contributed by atoms with van der Waals surface area (Å²) in [6.45, 7) is 5.04. The van der Waals surface area contributed by atoms with E-state index in [-0.39, 0.29) is 12.2 Å². The van der Waals surface area contributed by atoms with Gasteiger partial charge in [0.05, 0.1) is 0 Å². The molecule has 5 heteroatoms. The number of benzene rings is 2. The molecule has 4 rings (SSSR count). The third-order valence-electron chi connectivity index (χ3n) is 6.87. The van der Waals surface area contributed by atoms with Gasteiger partial charge in [0.1, 0.15) is 11.4 Å². The van der Waals surface area contributed by atoms with Crippen LogP contribution in [0.1, 0.15) is 44.7 Å². The molecule has 2 N–H and O–H groups in total. The van der Waals surface area contributed by atoms with Gasteiger partial charge in [0.2, 0.25) is 5.78 Å². The van der Waals surface area contributed by atoms with Gasteiger partial charge in [-0.1, -0.05) is 45.0 Å². The molecule has 2 aromatic carbocycles. The van der Waals surface area contributed by atoms with Crippen molar-refractivity contribution in [1.82, 2.24) is 0 Å². The first-order valence-electron chi connectivity index (χ1n) is 10.1. The van der Waals surface area contributed by atoms with Crippen LogP contribution in [0.15, 0.2) is 36.4 Å². The maximum Gasteiger partial charge on any atom is 0.305 e. The number of fused-ring (bicyclic) bond motifs is 5. The average molecular weight is 394 g/mol. The summed E-state index contributed by atoms with van der Waals surface area (Å²) in [6.07, 6.45) is 3.50. The molecule has 0 unspecified atom stereocenters. The van der Waals surface area contributed by atoms with Crippen molar-refractivity contribution in [3.63, 3.8) is 0 Å². The summed E-state index contributed by atoms with van der Waals surface area (Å²) >= 11 is 0. The van der Waals surface area contributed by atoms with Crippen LogP contribution in [0.5, 0.6) is 5.75 Å². The fraction of sp³-hybridized carbons (Fsp3) is 0.417. The highest BCUT2D eigenvalue weighted by atomic mass is 16.5. The van der Waals surface area contributed by atoms with Crippen molar-refractivity contribution in [2.24, 2.45) is 11.3 Å². The number of carbonyl (C=O) groups is 2. The Bertz CT molecular complexity index is 1050. The van der Waals surface area contributed by atoms with E-state index in [1.807, 2.05) is 38.1 Å². The van der Waals surface area contributed by atoms with E-state index in [1.54, 1.807) is 19.1 Å². The molecule has 5 nitrogen and oxygen atoms in total. The Morgan fingerprint density at radius 3 is 2.72 bits per heavy atom. The van der Waals surface area contributed by atoms with Gasteiger partial charge in [-0.25, -0.2) is 0 Å². The molecule has 3 atom stereocenters. The van der Waals surface area contributed by atoms with Crippen LogP contribution < -0.4 is 0 Å². The Morgan fingerprint density at radius 1 is 1.24 bits per heavy atom. The van der Waals surface area contributed by atoms with Crippen LogP contribution in [0.4, 0.5) is 0 Å². The van der Waals surface area contributed by atoms with Crippen molar-refractivity contribution in [3.8, 4) is 5.75 Å². The second-order valence-corrected chi connectivity index (χ2v) is 8.40. The highest BCUT2D eigenvalue weighted by Crippen LogP contribution is 2.59. The molecule has 2 aliphatic rings. The molecule has 0 saturated heterocycles. The maximum atomic E-state index is 13.0. The topological polar surface area (TPSA) is 83.8 Å². The van der Waals surface area contributed by atoms with Crippen molar-refractivity contribution in [1.29, 1.82) is 0 Å². The Balaban J connectivity index is 1.76. The number of phenols is 1. The molecule has 0 fully saturated rings. The fourth-order valence-corrected chi connectivity index (χ4v) is 5.17. The molecule has 0 spiro atoms. The van der Waals surface area contributed by atoms with Crippen molar-refractivity contribution >= 4 is 28.1 Å². The maximum absolute atomic E-state index is 13.0. The highest BCUT2D eigenvalue weighted by molar-refractivity contribution is 5.99.